The minimum Gasteiger partial charge on any atom is -0.388 e. The number of hydrogen-bond donors (Lipinski definition) is 2. The van der Waals surface area contributed by atoms with Crippen LogP contribution >= 0.6 is 0 Å². The van der Waals surface area contributed by atoms with Gasteiger partial charge in [0.15, 0.2) is 0 Å². The van der Waals surface area contributed by atoms with E-state index in [0.717, 1.165) is 0 Å². The Bertz CT molecular complexity index is 88.3. The number of rotatable bonds is 2. The molecule has 4 nitrogen and oxygen atoms in total. The first kappa shape index (κ1) is 6.95. The molecule has 0 aliphatic carbocycles. The Balaban J connectivity index is 2.22. The zero-order valence-corrected chi connectivity index (χ0v) is 5.33. The van der Waals surface area contributed by atoms with Gasteiger partial charge in [-0.3, -0.25) is 4.84 Å². The van der Waals surface area contributed by atoms with Crippen LogP contribution in [0.15, 0.2) is 0 Å². The molecular weight excluding hydrogens is 122 g/mol. The monoisotopic (exact) mass is 133 g/mol. The van der Waals surface area contributed by atoms with Crippen molar-refractivity contribution in [1.29, 1.82) is 0 Å². The van der Waals surface area contributed by atoms with Crippen LogP contribution < -0.4 is 5.48 Å². The molecule has 9 heavy (non-hydrogen) atoms. The van der Waals surface area contributed by atoms with Crippen LogP contribution in [-0.4, -0.2) is 31.2 Å². The lowest BCUT2D eigenvalue weighted by Crippen LogP contribution is -2.29. The molecule has 0 saturated carbocycles. The summed E-state index contributed by atoms with van der Waals surface area (Å²) in [5.74, 6) is 0. The highest BCUT2D eigenvalue weighted by molar-refractivity contribution is 4.65. The fraction of sp³-hybridized carbons (Fsp3) is 1.00. The summed E-state index contributed by atoms with van der Waals surface area (Å²) in [5.41, 5.74) is 2.46. The summed E-state index contributed by atoms with van der Waals surface area (Å²) in [6, 6.07) is 0. The highest BCUT2D eigenvalue weighted by Gasteiger charge is 2.26. The minimum atomic E-state index is -0.477. The molecule has 1 fully saturated rings. The summed E-state index contributed by atoms with van der Waals surface area (Å²) in [7, 11) is 1.63. The molecule has 1 aliphatic heterocycles. The molecule has 1 saturated heterocycles. The highest BCUT2D eigenvalue weighted by Crippen LogP contribution is 2.12. The van der Waals surface area contributed by atoms with E-state index in [-0.39, 0.29) is 0 Å². The third-order valence-corrected chi connectivity index (χ3v) is 1.24. The summed E-state index contributed by atoms with van der Waals surface area (Å²) >= 11 is 0. The first-order valence-corrected chi connectivity index (χ1v) is 2.96. The first-order valence-electron chi connectivity index (χ1n) is 2.96. The van der Waals surface area contributed by atoms with Crippen LogP contribution in [0, 0.1) is 0 Å². The van der Waals surface area contributed by atoms with Gasteiger partial charge in [0.25, 0.3) is 0 Å². The van der Waals surface area contributed by atoms with Gasteiger partial charge in [-0.1, -0.05) is 0 Å². The van der Waals surface area contributed by atoms with Gasteiger partial charge >= 0.3 is 0 Å². The molecule has 54 valence electrons. The van der Waals surface area contributed by atoms with Crippen LogP contribution in [0.1, 0.15) is 6.42 Å². The van der Waals surface area contributed by atoms with Crippen molar-refractivity contribution in [2.75, 3.05) is 13.7 Å². The summed E-state index contributed by atoms with van der Waals surface area (Å²) in [6.45, 7) is 0.577. The van der Waals surface area contributed by atoms with E-state index in [1.54, 1.807) is 7.05 Å². The quantitative estimate of drug-likeness (QED) is 0.486. The molecule has 0 bridgehead atoms. The molecule has 4 heteroatoms. The predicted octanol–water partition coefficient (Wildman–Crippen LogP) is -0.755. The van der Waals surface area contributed by atoms with Crippen molar-refractivity contribution in [2.45, 2.75) is 18.8 Å². The molecule has 2 N–H and O–H groups in total. The third kappa shape index (κ3) is 1.62. The molecule has 0 aromatic heterocycles. The Morgan fingerprint density at radius 1 is 1.78 bits per heavy atom. The van der Waals surface area contributed by atoms with Crippen molar-refractivity contribution in [3.63, 3.8) is 0 Å². The smallest absolute Gasteiger partial charge is 0.203 e. The Hall–Kier alpha value is -0.160. The van der Waals surface area contributed by atoms with E-state index in [1.165, 1.54) is 0 Å². The predicted molar refractivity (Wildman–Crippen MR) is 30.5 cm³/mol. The maximum Gasteiger partial charge on any atom is 0.203 e. The Morgan fingerprint density at radius 2 is 2.56 bits per heavy atom. The molecule has 1 rings (SSSR count). The number of aliphatic hydroxyl groups excluding tert-OH is 1. The van der Waals surface area contributed by atoms with Crippen molar-refractivity contribution in [3.8, 4) is 0 Å². The van der Waals surface area contributed by atoms with Gasteiger partial charge < -0.3 is 9.84 Å². The molecule has 0 spiro atoms. The van der Waals surface area contributed by atoms with Crippen LogP contribution in [-0.2, 0) is 9.57 Å². The van der Waals surface area contributed by atoms with Gasteiger partial charge in [-0.25, -0.2) is 5.48 Å². The Morgan fingerprint density at radius 3 is 3.00 bits per heavy atom. The SMILES string of the molecule is CNOC1OCCC1O. The molecule has 2 atom stereocenters. The van der Waals surface area contributed by atoms with Gasteiger partial charge in [-0.2, -0.15) is 0 Å². The summed E-state index contributed by atoms with van der Waals surface area (Å²) < 4.78 is 4.97. The average Bonchev–Trinajstić information content (AvgIpc) is 2.18. The van der Waals surface area contributed by atoms with Crippen molar-refractivity contribution in [2.24, 2.45) is 0 Å². The molecule has 0 amide bonds. The Kier molecular flexibility index (Phi) is 2.41. The molecule has 1 aliphatic rings. The summed E-state index contributed by atoms with van der Waals surface area (Å²) in [6.07, 6.45) is -0.292. The number of hydrogen-bond acceptors (Lipinski definition) is 4. The fourth-order valence-corrected chi connectivity index (χ4v) is 0.781. The zero-order chi connectivity index (χ0) is 6.69. The second-order valence-corrected chi connectivity index (χ2v) is 1.92. The summed E-state index contributed by atoms with van der Waals surface area (Å²) in [4.78, 5) is 4.79. The molecule has 0 aromatic rings. The number of ether oxygens (including phenoxy) is 1. The van der Waals surface area contributed by atoms with Gasteiger partial charge in [0, 0.05) is 13.5 Å². The van der Waals surface area contributed by atoms with Crippen LogP contribution in [0.25, 0.3) is 0 Å². The van der Waals surface area contributed by atoms with E-state index in [4.69, 9.17) is 14.7 Å². The normalized spacial score (nSPS) is 35.3. The number of aliphatic hydroxyl groups is 1. The van der Waals surface area contributed by atoms with Crippen LogP contribution in [0.2, 0.25) is 0 Å². The van der Waals surface area contributed by atoms with Crippen molar-refractivity contribution in [1.82, 2.24) is 5.48 Å². The largest absolute Gasteiger partial charge is 0.388 e. The maximum absolute atomic E-state index is 9.03. The standard InChI is InChI=1S/C5H11NO3/c1-6-9-5-4(7)2-3-8-5/h4-7H,2-3H2,1H3. The van der Waals surface area contributed by atoms with Gasteiger partial charge in [0.1, 0.15) is 6.10 Å². The first-order chi connectivity index (χ1) is 4.34. The van der Waals surface area contributed by atoms with E-state index >= 15 is 0 Å². The van der Waals surface area contributed by atoms with E-state index in [0.29, 0.717) is 13.0 Å². The zero-order valence-electron chi connectivity index (χ0n) is 5.33. The minimum absolute atomic E-state index is 0.475. The van der Waals surface area contributed by atoms with Gasteiger partial charge in [-0.05, 0) is 0 Å². The maximum atomic E-state index is 9.03. The van der Waals surface area contributed by atoms with Gasteiger partial charge in [0.2, 0.25) is 6.29 Å². The Labute approximate surface area is 53.7 Å². The topological polar surface area (TPSA) is 50.7 Å². The van der Waals surface area contributed by atoms with E-state index < -0.39 is 12.4 Å². The van der Waals surface area contributed by atoms with Crippen LogP contribution in [0.5, 0.6) is 0 Å². The molecular formula is C5H11NO3. The van der Waals surface area contributed by atoms with Crippen molar-refractivity contribution >= 4 is 0 Å². The lowest BCUT2D eigenvalue weighted by atomic mass is 10.3. The van der Waals surface area contributed by atoms with Crippen molar-refractivity contribution in [3.05, 3.63) is 0 Å². The summed E-state index contributed by atoms with van der Waals surface area (Å²) in [5, 5.41) is 9.03. The molecule has 2 unspecified atom stereocenters. The fourth-order valence-electron chi connectivity index (χ4n) is 0.781. The average molecular weight is 133 g/mol. The van der Waals surface area contributed by atoms with Gasteiger partial charge in [0.05, 0.1) is 6.61 Å². The highest BCUT2D eigenvalue weighted by atomic mass is 16.8. The lowest BCUT2D eigenvalue weighted by molar-refractivity contribution is -0.181. The third-order valence-electron chi connectivity index (χ3n) is 1.24. The number of hydroxylamine groups is 1. The second-order valence-electron chi connectivity index (χ2n) is 1.92. The molecule has 1 heterocycles. The molecule has 0 radical (unpaired) electrons. The molecule has 0 aromatic carbocycles. The van der Waals surface area contributed by atoms with Crippen LogP contribution in [0.4, 0.5) is 0 Å². The van der Waals surface area contributed by atoms with Crippen molar-refractivity contribution < 1.29 is 14.7 Å². The van der Waals surface area contributed by atoms with E-state index in [1.807, 2.05) is 0 Å². The van der Waals surface area contributed by atoms with Crippen LogP contribution in [0.3, 0.4) is 0 Å². The number of nitrogens with one attached hydrogen (secondary N) is 1. The van der Waals surface area contributed by atoms with E-state index in [9.17, 15) is 0 Å². The van der Waals surface area contributed by atoms with E-state index in [2.05, 4.69) is 5.48 Å². The second kappa shape index (κ2) is 3.12. The lowest BCUT2D eigenvalue weighted by Gasteiger charge is -2.11. The van der Waals surface area contributed by atoms with Gasteiger partial charge in [-0.15, -0.1) is 0 Å².